The second kappa shape index (κ2) is 14.7. The van der Waals surface area contributed by atoms with Crippen molar-refractivity contribution in [3.63, 3.8) is 0 Å². The van der Waals surface area contributed by atoms with Gasteiger partial charge in [0.15, 0.2) is 22.5 Å². The molecule has 246 valence electrons. The molecule has 0 aliphatic carbocycles. The van der Waals surface area contributed by atoms with E-state index in [9.17, 15) is 14.0 Å². The van der Waals surface area contributed by atoms with Gasteiger partial charge in [-0.05, 0) is 59.5 Å². The van der Waals surface area contributed by atoms with Crippen LogP contribution in [-0.2, 0) is 11.3 Å². The topological polar surface area (TPSA) is 120 Å². The highest BCUT2D eigenvalue weighted by Crippen LogP contribution is 2.35. The third-order valence-corrected chi connectivity index (χ3v) is 9.46. The quantitative estimate of drug-likeness (QED) is 0.161. The highest BCUT2D eigenvalue weighted by atomic mass is 32.2. The number of hydrogen-bond donors (Lipinski definition) is 1. The molecule has 1 aliphatic heterocycles. The second-order valence-electron chi connectivity index (χ2n) is 10.5. The first-order valence-electron chi connectivity index (χ1n) is 14.8. The van der Waals surface area contributed by atoms with Crippen molar-refractivity contribution in [3.8, 4) is 22.9 Å². The van der Waals surface area contributed by atoms with E-state index in [1.807, 2.05) is 35.7 Å². The third kappa shape index (κ3) is 6.89. The van der Waals surface area contributed by atoms with Crippen LogP contribution in [0.4, 0.5) is 4.39 Å². The van der Waals surface area contributed by atoms with Gasteiger partial charge in [-0.25, -0.2) is 9.40 Å². The Morgan fingerprint density at radius 3 is 2.44 bits per heavy atom. The molecule has 3 heterocycles. The Kier molecular flexibility index (Phi) is 10.0. The van der Waals surface area contributed by atoms with Gasteiger partial charge in [-0.3, -0.25) is 14.2 Å². The number of carbonyl (C=O) groups excluding carboxylic acids is 2. The number of nitrogens with one attached hydrogen (secondary N) is 1. The molecule has 0 spiro atoms. The molecule has 1 aliphatic rings. The lowest BCUT2D eigenvalue weighted by molar-refractivity contribution is -0.130. The molecule has 1 N–H and O–H groups in total. The van der Waals surface area contributed by atoms with Crippen LogP contribution in [0.3, 0.4) is 0 Å². The molecule has 0 fully saturated rings. The number of hydrazone groups is 1. The zero-order valence-corrected chi connectivity index (χ0v) is 27.9. The van der Waals surface area contributed by atoms with Crippen LogP contribution >= 0.6 is 23.1 Å². The predicted molar refractivity (Wildman–Crippen MR) is 181 cm³/mol. The van der Waals surface area contributed by atoms with E-state index < -0.39 is 0 Å². The van der Waals surface area contributed by atoms with Gasteiger partial charge in [0, 0.05) is 12.0 Å². The smallest absolute Gasteiger partial charge is 0.253 e. The van der Waals surface area contributed by atoms with Gasteiger partial charge < -0.3 is 19.5 Å². The number of thiophene rings is 1. The SMILES string of the molecule is COc1ccc(C(=O)NCc2nnc(SCC(=O)N3N=C(c4cccs4)C[C@@H]3c3ccc(F)cc3)n2-c2ccccc2OC)cc1OC. The number of carbonyl (C=O) groups is 2. The van der Waals surface area contributed by atoms with E-state index in [1.54, 1.807) is 59.4 Å². The first-order valence-corrected chi connectivity index (χ1v) is 16.7. The van der Waals surface area contributed by atoms with E-state index >= 15 is 0 Å². The Balaban J connectivity index is 1.25. The molecule has 0 bridgehead atoms. The monoisotopic (exact) mass is 686 g/mol. The molecular formula is C34H31FN6O5S2. The minimum atomic E-state index is -0.384. The van der Waals surface area contributed by atoms with Gasteiger partial charge >= 0.3 is 0 Å². The maximum atomic E-state index is 13.8. The second-order valence-corrected chi connectivity index (χ2v) is 12.4. The summed E-state index contributed by atoms with van der Waals surface area (Å²) in [6.45, 7) is 0.0277. The van der Waals surface area contributed by atoms with E-state index in [2.05, 4.69) is 15.5 Å². The molecule has 48 heavy (non-hydrogen) atoms. The van der Waals surface area contributed by atoms with Gasteiger partial charge in [-0.2, -0.15) is 5.10 Å². The van der Waals surface area contributed by atoms with Crippen LogP contribution in [0, 0.1) is 5.82 Å². The van der Waals surface area contributed by atoms with Gasteiger partial charge in [0.25, 0.3) is 11.8 Å². The Labute approximate surface area is 284 Å². The standard InChI is InChI=1S/C34H31FN6O5S2/c1-44-27-8-5-4-7-25(27)40-31(19-36-33(43)22-12-15-28(45-2)29(17-22)46-3)37-38-34(40)48-20-32(42)41-26(21-10-13-23(35)14-11-21)18-24(39-41)30-9-6-16-47-30/h4-17,26H,18-20H2,1-3H3,(H,36,43)/t26-/m1/s1. The number of para-hydroxylation sites is 2. The molecule has 3 aromatic carbocycles. The number of amides is 2. The molecule has 2 aromatic heterocycles. The maximum absolute atomic E-state index is 13.8. The van der Waals surface area contributed by atoms with Crippen molar-refractivity contribution in [1.82, 2.24) is 25.1 Å². The average Bonchev–Trinajstić information content (AvgIpc) is 3.90. The third-order valence-electron chi connectivity index (χ3n) is 7.63. The summed E-state index contributed by atoms with van der Waals surface area (Å²) in [5.41, 5.74) is 2.59. The number of rotatable bonds is 12. The lowest BCUT2D eigenvalue weighted by Gasteiger charge is -2.22. The molecule has 5 aromatic rings. The number of ether oxygens (including phenoxy) is 3. The maximum Gasteiger partial charge on any atom is 0.253 e. The number of thioether (sulfide) groups is 1. The Morgan fingerprint density at radius 1 is 0.938 bits per heavy atom. The number of hydrogen-bond acceptors (Lipinski definition) is 10. The fourth-order valence-electron chi connectivity index (χ4n) is 5.27. The van der Waals surface area contributed by atoms with Crippen molar-refractivity contribution >= 4 is 40.6 Å². The summed E-state index contributed by atoms with van der Waals surface area (Å²) in [5.74, 6) is 0.949. The van der Waals surface area contributed by atoms with Crippen LogP contribution in [-0.4, -0.2) is 64.4 Å². The van der Waals surface area contributed by atoms with E-state index in [1.165, 1.54) is 43.1 Å². The Bertz CT molecular complexity index is 1950. The van der Waals surface area contributed by atoms with Crippen molar-refractivity contribution in [3.05, 3.63) is 112 Å². The van der Waals surface area contributed by atoms with Gasteiger partial charge in [-0.15, -0.1) is 21.5 Å². The fourth-order valence-corrected chi connectivity index (χ4v) is 6.81. The van der Waals surface area contributed by atoms with Crippen LogP contribution in [0.15, 0.2) is 94.5 Å². The van der Waals surface area contributed by atoms with Crippen molar-refractivity contribution < 1.29 is 28.2 Å². The van der Waals surface area contributed by atoms with E-state index in [-0.39, 0.29) is 36.0 Å². The summed E-state index contributed by atoms with van der Waals surface area (Å²) in [6, 6.07) is 21.9. The molecule has 2 amide bonds. The van der Waals surface area contributed by atoms with Crippen molar-refractivity contribution in [2.24, 2.45) is 5.10 Å². The minimum absolute atomic E-state index is 0.00972. The molecule has 14 heteroatoms. The van der Waals surface area contributed by atoms with E-state index in [0.29, 0.717) is 45.9 Å². The first-order chi connectivity index (χ1) is 23.4. The molecule has 6 rings (SSSR count). The summed E-state index contributed by atoms with van der Waals surface area (Å²) in [5, 5.41) is 20.2. The number of methoxy groups -OCH3 is 3. The zero-order chi connectivity index (χ0) is 33.6. The molecule has 1 atom stereocenters. The number of benzene rings is 3. The normalized spacial score (nSPS) is 14.0. The summed E-state index contributed by atoms with van der Waals surface area (Å²) >= 11 is 2.74. The summed E-state index contributed by atoms with van der Waals surface area (Å²) in [7, 11) is 4.58. The van der Waals surface area contributed by atoms with Gasteiger partial charge in [0.1, 0.15) is 11.6 Å². The lowest BCUT2D eigenvalue weighted by Crippen LogP contribution is -2.28. The first kappa shape index (κ1) is 32.7. The Morgan fingerprint density at radius 2 is 1.71 bits per heavy atom. The summed E-state index contributed by atoms with van der Waals surface area (Å²) < 4.78 is 31.7. The molecule has 0 saturated heterocycles. The van der Waals surface area contributed by atoms with Gasteiger partial charge in [-0.1, -0.05) is 42.1 Å². The van der Waals surface area contributed by atoms with Gasteiger partial charge in [0.05, 0.1) is 55.9 Å². The summed E-state index contributed by atoms with van der Waals surface area (Å²) in [6.07, 6.45) is 0.504. The predicted octanol–water partition coefficient (Wildman–Crippen LogP) is 5.89. The molecule has 0 saturated carbocycles. The average molecular weight is 687 g/mol. The van der Waals surface area contributed by atoms with Crippen LogP contribution < -0.4 is 19.5 Å². The van der Waals surface area contributed by atoms with Gasteiger partial charge in [0.2, 0.25) is 0 Å². The van der Waals surface area contributed by atoms with Crippen molar-refractivity contribution in [1.29, 1.82) is 0 Å². The summed E-state index contributed by atoms with van der Waals surface area (Å²) in [4.78, 5) is 27.9. The number of halogens is 1. The van der Waals surface area contributed by atoms with Crippen LogP contribution in [0.5, 0.6) is 17.2 Å². The number of aromatic nitrogens is 3. The highest BCUT2D eigenvalue weighted by molar-refractivity contribution is 7.99. The van der Waals surface area contributed by atoms with Crippen molar-refractivity contribution in [2.45, 2.75) is 24.2 Å². The molecule has 0 radical (unpaired) electrons. The molecule has 11 nitrogen and oxygen atoms in total. The highest BCUT2D eigenvalue weighted by Gasteiger charge is 2.34. The largest absolute Gasteiger partial charge is 0.495 e. The van der Waals surface area contributed by atoms with E-state index in [4.69, 9.17) is 19.3 Å². The van der Waals surface area contributed by atoms with Crippen LogP contribution in [0.25, 0.3) is 5.69 Å². The molecular weight excluding hydrogens is 656 g/mol. The molecule has 0 unspecified atom stereocenters. The zero-order valence-electron chi connectivity index (χ0n) is 26.3. The lowest BCUT2D eigenvalue weighted by atomic mass is 10.0. The Hall–Kier alpha value is -5.21. The number of nitrogens with zero attached hydrogens (tertiary/aromatic N) is 5. The van der Waals surface area contributed by atoms with Crippen LogP contribution in [0.1, 0.15) is 39.1 Å². The van der Waals surface area contributed by atoms with E-state index in [0.717, 1.165) is 16.2 Å². The fraction of sp³-hybridized carbons (Fsp3) is 0.206. The van der Waals surface area contributed by atoms with Crippen LogP contribution in [0.2, 0.25) is 0 Å². The van der Waals surface area contributed by atoms with Crippen molar-refractivity contribution in [2.75, 3.05) is 27.1 Å². The minimum Gasteiger partial charge on any atom is -0.495 e.